The number of benzene rings is 2. The average Bonchev–Trinajstić information content (AvgIpc) is 2.69. The zero-order valence-electron chi connectivity index (χ0n) is 16.1. The van der Waals surface area contributed by atoms with Gasteiger partial charge in [0.25, 0.3) is 5.91 Å². The Morgan fingerprint density at radius 2 is 1.79 bits per heavy atom. The van der Waals surface area contributed by atoms with E-state index in [-0.39, 0.29) is 5.91 Å². The molecule has 0 saturated heterocycles. The minimum absolute atomic E-state index is 0.369. The van der Waals surface area contributed by atoms with E-state index in [0.29, 0.717) is 36.7 Å². The van der Waals surface area contributed by atoms with E-state index >= 15 is 0 Å². The molecule has 2 aromatic rings. The number of hydrogen-bond donors (Lipinski definition) is 2. The van der Waals surface area contributed by atoms with Gasteiger partial charge in [-0.15, -0.1) is 0 Å². The van der Waals surface area contributed by atoms with Crippen molar-refractivity contribution >= 4 is 22.6 Å². The highest BCUT2D eigenvalue weighted by Crippen LogP contribution is 2.35. The summed E-state index contributed by atoms with van der Waals surface area (Å²) in [4.78, 5) is 24.7. The first-order chi connectivity index (χ1) is 13.6. The highest BCUT2D eigenvalue weighted by molar-refractivity contribution is 6.05. The van der Waals surface area contributed by atoms with Gasteiger partial charge in [-0.05, 0) is 49.5 Å². The molecule has 2 aliphatic rings. The van der Waals surface area contributed by atoms with Crippen LogP contribution in [-0.2, 0) is 4.79 Å². The Balaban J connectivity index is 1.63. The fourth-order valence-corrected chi connectivity index (χ4v) is 4.34. The summed E-state index contributed by atoms with van der Waals surface area (Å²) in [6, 6.07) is 11.5. The van der Waals surface area contributed by atoms with Crippen molar-refractivity contribution in [3.05, 3.63) is 42.0 Å². The summed E-state index contributed by atoms with van der Waals surface area (Å²) in [7, 11) is 0. The lowest BCUT2D eigenvalue weighted by molar-refractivity contribution is -0.148. The molecule has 5 nitrogen and oxygen atoms in total. The molecule has 148 valence electrons. The number of amides is 1. The normalized spacial score (nSPS) is 19.0. The molecule has 0 spiro atoms. The van der Waals surface area contributed by atoms with Gasteiger partial charge >= 0.3 is 5.97 Å². The molecule has 28 heavy (non-hydrogen) atoms. The van der Waals surface area contributed by atoms with Crippen molar-refractivity contribution in [1.29, 1.82) is 0 Å². The third-order valence-corrected chi connectivity index (χ3v) is 6.28. The molecule has 2 fully saturated rings. The first-order valence-corrected chi connectivity index (χ1v) is 10.3. The molecule has 0 bridgehead atoms. The van der Waals surface area contributed by atoms with Gasteiger partial charge in [0.1, 0.15) is 11.3 Å². The molecule has 5 heteroatoms. The van der Waals surface area contributed by atoms with Gasteiger partial charge in [-0.1, -0.05) is 49.6 Å². The lowest BCUT2D eigenvalue weighted by Crippen LogP contribution is -2.59. The molecule has 0 radical (unpaired) electrons. The van der Waals surface area contributed by atoms with Gasteiger partial charge in [0.2, 0.25) is 0 Å². The van der Waals surface area contributed by atoms with Crippen molar-refractivity contribution in [3.63, 3.8) is 0 Å². The Bertz CT molecular complexity index is 881. The summed E-state index contributed by atoms with van der Waals surface area (Å²) in [5.74, 6) is -0.245. The second-order valence-corrected chi connectivity index (χ2v) is 8.17. The van der Waals surface area contributed by atoms with E-state index in [2.05, 4.69) is 5.32 Å². The molecule has 0 unspecified atom stereocenters. The number of hydrogen-bond acceptors (Lipinski definition) is 3. The highest BCUT2D eigenvalue weighted by atomic mass is 16.5. The fraction of sp³-hybridized carbons (Fsp3) is 0.478. The minimum atomic E-state index is -1.14. The number of carbonyl (C=O) groups excluding carboxylic acids is 1. The number of carboxylic acid groups (broad SMARTS) is 1. The Hall–Kier alpha value is -2.56. The van der Waals surface area contributed by atoms with Gasteiger partial charge in [-0.3, -0.25) is 4.79 Å². The Labute approximate surface area is 165 Å². The third-order valence-electron chi connectivity index (χ3n) is 6.28. The maximum Gasteiger partial charge on any atom is 0.329 e. The van der Waals surface area contributed by atoms with E-state index in [0.717, 1.165) is 30.0 Å². The van der Waals surface area contributed by atoms with E-state index in [1.165, 1.54) is 19.3 Å². The van der Waals surface area contributed by atoms with Gasteiger partial charge in [0.15, 0.2) is 0 Å². The average molecular weight is 381 g/mol. The molecule has 2 aromatic carbocycles. The molecule has 4 rings (SSSR count). The van der Waals surface area contributed by atoms with Crippen molar-refractivity contribution in [2.24, 2.45) is 5.92 Å². The van der Waals surface area contributed by atoms with Gasteiger partial charge in [-0.25, -0.2) is 4.79 Å². The molecule has 0 aromatic heterocycles. The predicted octanol–water partition coefficient (Wildman–Crippen LogP) is 4.54. The van der Waals surface area contributed by atoms with Crippen molar-refractivity contribution < 1.29 is 19.4 Å². The summed E-state index contributed by atoms with van der Waals surface area (Å²) < 4.78 is 6.23. The molecule has 0 heterocycles. The highest BCUT2D eigenvalue weighted by Gasteiger charge is 2.46. The number of carbonyl (C=O) groups is 2. The van der Waals surface area contributed by atoms with Crippen LogP contribution in [0.1, 0.15) is 61.7 Å². The number of rotatable bonds is 6. The zero-order chi connectivity index (χ0) is 19.6. The SMILES string of the molecule is O=C(NC1(C(=O)O)CCC1)c1ccc2ccccc2c1OCC1CCCCC1. The number of carboxylic acids is 1. The first-order valence-electron chi connectivity index (χ1n) is 10.3. The molecule has 2 N–H and O–H groups in total. The largest absolute Gasteiger partial charge is 0.492 e. The number of fused-ring (bicyclic) bond motifs is 1. The van der Waals surface area contributed by atoms with E-state index in [4.69, 9.17) is 4.74 Å². The van der Waals surface area contributed by atoms with Crippen LogP contribution in [0, 0.1) is 5.92 Å². The molecule has 0 atom stereocenters. The molecular formula is C23H27NO4. The van der Waals surface area contributed by atoms with Gasteiger partial charge < -0.3 is 15.2 Å². The van der Waals surface area contributed by atoms with Crippen LogP contribution in [0.3, 0.4) is 0 Å². The van der Waals surface area contributed by atoms with Gasteiger partial charge in [0.05, 0.1) is 12.2 Å². The number of nitrogens with one attached hydrogen (secondary N) is 1. The van der Waals surface area contributed by atoms with E-state index < -0.39 is 11.5 Å². The second-order valence-electron chi connectivity index (χ2n) is 8.17. The van der Waals surface area contributed by atoms with Crippen LogP contribution < -0.4 is 10.1 Å². The Morgan fingerprint density at radius 1 is 1.04 bits per heavy atom. The minimum Gasteiger partial charge on any atom is -0.492 e. The Kier molecular flexibility index (Phi) is 5.25. The summed E-state index contributed by atoms with van der Waals surface area (Å²) in [6.07, 6.45) is 7.84. The van der Waals surface area contributed by atoms with Crippen LogP contribution in [0.25, 0.3) is 10.8 Å². The molecule has 1 amide bonds. The monoisotopic (exact) mass is 381 g/mol. The van der Waals surface area contributed by atoms with Crippen molar-refractivity contribution in [2.75, 3.05) is 6.61 Å². The van der Waals surface area contributed by atoms with Crippen LogP contribution in [0.15, 0.2) is 36.4 Å². The van der Waals surface area contributed by atoms with Crippen molar-refractivity contribution in [1.82, 2.24) is 5.32 Å². The number of ether oxygens (including phenoxy) is 1. The third kappa shape index (κ3) is 3.58. The maximum atomic E-state index is 13.0. The lowest BCUT2D eigenvalue weighted by atomic mass is 9.76. The first kappa shape index (κ1) is 18.8. The smallest absolute Gasteiger partial charge is 0.329 e. The van der Waals surface area contributed by atoms with Gasteiger partial charge in [0, 0.05) is 5.39 Å². The van der Waals surface area contributed by atoms with Crippen molar-refractivity contribution in [2.45, 2.75) is 56.9 Å². The van der Waals surface area contributed by atoms with Crippen LogP contribution in [-0.4, -0.2) is 29.1 Å². The summed E-state index contributed by atoms with van der Waals surface area (Å²) >= 11 is 0. The van der Waals surface area contributed by atoms with Crippen LogP contribution in [0.4, 0.5) is 0 Å². The van der Waals surface area contributed by atoms with Crippen LogP contribution in [0.2, 0.25) is 0 Å². The molecule has 0 aliphatic heterocycles. The quantitative estimate of drug-likeness (QED) is 0.770. The van der Waals surface area contributed by atoms with E-state index in [9.17, 15) is 14.7 Å². The summed E-state index contributed by atoms with van der Waals surface area (Å²) in [5.41, 5.74) is -0.717. The van der Waals surface area contributed by atoms with Crippen LogP contribution in [0.5, 0.6) is 5.75 Å². The number of aliphatic carboxylic acids is 1. The lowest BCUT2D eigenvalue weighted by Gasteiger charge is -2.38. The topological polar surface area (TPSA) is 75.6 Å². The van der Waals surface area contributed by atoms with E-state index in [1.807, 2.05) is 30.3 Å². The molecule has 2 aliphatic carbocycles. The standard InChI is InChI=1S/C23H27NO4/c25-21(24-23(22(26)27)13-6-14-23)19-12-11-17-9-4-5-10-18(17)20(19)28-15-16-7-2-1-3-8-16/h4-5,9-12,16H,1-3,6-8,13-15H2,(H,24,25)(H,26,27). The maximum absolute atomic E-state index is 13.0. The second kappa shape index (κ2) is 7.82. The molecule has 2 saturated carbocycles. The summed E-state index contributed by atoms with van der Waals surface area (Å²) in [6.45, 7) is 0.596. The zero-order valence-corrected chi connectivity index (χ0v) is 16.1. The summed E-state index contributed by atoms with van der Waals surface area (Å²) in [5, 5.41) is 14.2. The van der Waals surface area contributed by atoms with Crippen LogP contribution >= 0.6 is 0 Å². The van der Waals surface area contributed by atoms with Crippen molar-refractivity contribution in [3.8, 4) is 5.75 Å². The predicted molar refractivity (Wildman–Crippen MR) is 108 cm³/mol. The fourth-order valence-electron chi connectivity index (χ4n) is 4.34. The van der Waals surface area contributed by atoms with E-state index in [1.54, 1.807) is 6.07 Å². The molecular weight excluding hydrogens is 354 g/mol. The Morgan fingerprint density at radius 3 is 2.46 bits per heavy atom. The van der Waals surface area contributed by atoms with Gasteiger partial charge in [-0.2, -0.15) is 0 Å².